The quantitative estimate of drug-likeness (QED) is 0.612. The Balaban J connectivity index is 3.01. The zero-order valence-electron chi connectivity index (χ0n) is 7.89. The van der Waals surface area contributed by atoms with Crippen LogP contribution in [-0.4, -0.2) is 16.6 Å². The van der Waals surface area contributed by atoms with Crippen molar-refractivity contribution in [3.8, 4) is 0 Å². The second-order valence-electron chi connectivity index (χ2n) is 2.87. The fraction of sp³-hybridized carbons (Fsp3) is 0.200. The van der Waals surface area contributed by atoms with Crippen LogP contribution >= 0.6 is 0 Å². The SMILES string of the molecule is O=[N+]([O-])c1cc(F)ccc1C=CCCO. The molecule has 0 radical (unpaired) electrons. The lowest BCUT2D eigenvalue weighted by atomic mass is 10.1. The largest absolute Gasteiger partial charge is 0.396 e. The van der Waals surface area contributed by atoms with E-state index < -0.39 is 10.7 Å². The summed E-state index contributed by atoms with van der Waals surface area (Å²) in [4.78, 5) is 9.93. The second-order valence-corrected chi connectivity index (χ2v) is 2.87. The van der Waals surface area contributed by atoms with E-state index in [1.807, 2.05) is 0 Å². The predicted molar refractivity (Wildman–Crippen MR) is 53.8 cm³/mol. The Morgan fingerprint density at radius 3 is 2.87 bits per heavy atom. The van der Waals surface area contributed by atoms with Crippen molar-refractivity contribution >= 4 is 11.8 Å². The average Bonchev–Trinajstić information content (AvgIpc) is 2.20. The summed E-state index contributed by atoms with van der Waals surface area (Å²) in [6.07, 6.45) is 3.50. The van der Waals surface area contributed by atoms with Crippen LogP contribution in [0.5, 0.6) is 0 Å². The Morgan fingerprint density at radius 1 is 1.53 bits per heavy atom. The summed E-state index contributed by atoms with van der Waals surface area (Å²) >= 11 is 0. The molecule has 0 aliphatic carbocycles. The summed E-state index contributed by atoms with van der Waals surface area (Å²) in [5.74, 6) is -0.638. The van der Waals surface area contributed by atoms with Crippen molar-refractivity contribution in [3.05, 3.63) is 45.8 Å². The highest BCUT2D eigenvalue weighted by atomic mass is 19.1. The fourth-order valence-corrected chi connectivity index (χ4v) is 1.10. The Bertz CT molecular complexity index is 390. The van der Waals surface area contributed by atoms with E-state index in [-0.39, 0.29) is 12.3 Å². The topological polar surface area (TPSA) is 63.4 Å². The summed E-state index contributed by atoms with van der Waals surface area (Å²) in [7, 11) is 0. The van der Waals surface area contributed by atoms with Gasteiger partial charge in [-0.05, 0) is 18.6 Å². The maximum Gasteiger partial charge on any atom is 0.279 e. The predicted octanol–water partition coefficient (Wildman–Crippen LogP) is 2.13. The highest BCUT2D eigenvalue weighted by Crippen LogP contribution is 2.21. The van der Waals surface area contributed by atoms with Crippen molar-refractivity contribution in [2.24, 2.45) is 0 Å². The minimum absolute atomic E-state index is 0.0223. The molecular formula is C10H10FNO3. The van der Waals surface area contributed by atoms with E-state index in [2.05, 4.69) is 0 Å². The maximum absolute atomic E-state index is 12.7. The number of benzene rings is 1. The first-order valence-corrected chi connectivity index (χ1v) is 4.36. The van der Waals surface area contributed by atoms with Crippen LogP contribution in [0.3, 0.4) is 0 Å². The molecule has 0 atom stereocenters. The van der Waals surface area contributed by atoms with Crippen LogP contribution in [0.4, 0.5) is 10.1 Å². The van der Waals surface area contributed by atoms with Crippen molar-refractivity contribution in [2.75, 3.05) is 6.61 Å². The van der Waals surface area contributed by atoms with E-state index >= 15 is 0 Å². The molecule has 0 aliphatic heterocycles. The number of hydrogen-bond donors (Lipinski definition) is 1. The molecule has 0 amide bonds. The molecule has 0 fully saturated rings. The Kier molecular flexibility index (Phi) is 3.93. The van der Waals surface area contributed by atoms with Crippen molar-refractivity contribution in [1.82, 2.24) is 0 Å². The smallest absolute Gasteiger partial charge is 0.279 e. The van der Waals surface area contributed by atoms with Gasteiger partial charge in [0.05, 0.1) is 16.6 Å². The van der Waals surface area contributed by atoms with Gasteiger partial charge in [-0.25, -0.2) is 4.39 Å². The third-order valence-corrected chi connectivity index (χ3v) is 1.78. The second kappa shape index (κ2) is 5.21. The van der Waals surface area contributed by atoms with E-state index in [4.69, 9.17) is 5.11 Å². The van der Waals surface area contributed by atoms with Gasteiger partial charge < -0.3 is 5.11 Å². The third kappa shape index (κ3) is 3.14. The number of hydrogen-bond acceptors (Lipinski definition) is 3. The molecule has 0 unspecified atom stereocenters. The van der Waals surface area contributed by atoms with Crippen LogP contribution in [-0.2, 0) is 0 Å². The Labute approximate surface area is 85.8 Å². The molecule has 0 heterocycles. The van der Waals surface area contributed by atoms with Gasteiger partial charge >= 0.3 is 0 Å². The lowest BCUT2D eigenvalue weighted by Gasteiger charge is -1.97. The molecule has 0 aromatic heterocycles. The van der Waals surface area contributed by atoms with Crippen LogP contribution in [0.15, 0.2) is 24.3 Å². The molecule has 0 saturated carbocycles. The highest BCUT2D eigenvalue weighted by Gasteiger charge is 2.11. The lowest BCUT2D eigenvalue weighted by molar-refractivity contribution is -0.385. The van der Waals surface area contributed by atoms with Gasteiger partial charge in [-0.3, -0.25) is 10.1 Å². The number of aliphatic hydroxyl groups is 1. The number of nitro benzene ring substituents is 1. The highest BCUT2D eigenvalue weighted by molar-refractivity contribution is 5.60. The van der Waals surface area contributed by atoms with Gasteiger partial charge in [0.15, 0.2) is 0 Å². The molecule has 1 rings (SSSR count). The summed E-state index contributed by atoms with van der Waals surface area (Å²) in [5, 5.41) is 19.1. The molecular weight excluding hydrogens is 201 g/mol. The zero-order chi connectivity index (χ0) is 11.3. The van der Waals surface area contributed by atoms with E-state index in [0.717, 1.165) is 12.1 Å². The first-order valence-electron chi connectivity index (χ1n) is 4.36. The van der Waals surface area contributed by atoms with Gasteiger partial charge in [0.25, 0.3) is 5.69 Å². The molecule has 0 bridgehead atoms. The normalized spacial score (nSPS) is 10.8. The monoisotopic (exact) mass is 211 g/mol. The summed E-state index contributed by atoms with van der Waals surface area (Å²) in [6.45, 7) is -0.0223. The van der Waals surface area contributed by atoms with E-state index in [0.29, 0.717) is 12.0 Å². The van der Waals surface area contributed by atoms with Crippen LogP contribution in [0.2, 0.25) is 0 Å². The van der Waals surface area contributed by atoms with Crippen LogP contribution in [0, 0.1) is 15.9 Å². The van der Waals surface area contributed by atoms with E-state index in [9.17, 15) is 14.5 Å². The van der Waals surface area contributed by atoms with Crippen molar-refractivity contribution in [3.63, 3.8) is 0 Å². The van der Waals surface area contributed by atoms with Crippen LogP contribution in [0.1, 0.15) is 12.0 Å². The fourth-order valence-electron chi connectivity index (χ4n) is 1.10. The standard InChI is InChI=1S/C10H10FNO3/c11-9-5-4-8(3-1-2-6-13)10(7-9)12(14)15/h1,3-5,7,13H,2,6H2. The van der Waals surface area contributed by atoms with Crippen molar-refractivity contribution < 1.29 is 14.4 Å². The molecule has 15 heavy (non-hydrogen) atoms. The van der Waals surface area contributed by atoms with Gasteiger partial charge in [-0.15, -0.1) is 0 Å². The maximum atomic E-state index is 12.7. The lowest BCUT2D eigenvalue weighted by Crippen LogP contribution is -1.92. The number of nitrogens with zero attached hydrogens (tertiary/aromatic N) is 1. The molecule has 1 aromatic carbocycles. The first kappa shape index (κ1) is 11.3. The van der Waals surface area contributed by atoms with Gasteiger partial charge in [-0.1, -0.05) is 12.2 Å². The van der Waals surface area contributed by atoms with Gasteiger partial charge in [0.2, 0.25) is 0 Å². The Morgan fingerprint density at radius 2 is 2.27 bits per heavy atom. The number of halogens is 1. The van der Waals surface area contributed by atoms with Crippen molar-refractivity contribution in [1.29, 1.82) is 0 Å². The first-order chi connectivity index (χ1) is 7.15. The molecule has 5 heteroatoms. The molecule has 0 spiro atoms. The molecule has 1 N–H and O–H groups in total. The minimum atomic E-state index is -0.638. The summed E-state index contributed by atoms with van der Waals surface area (Å²) in [5.41, 5.74) is 0.0547. The number of nitro groups is 1. The van der Waals surface area contributed by atoms with E-state index in [1.54, 1.807) is 6.08 Å². The van der Waals surface area contributed by atoms with Gasteiger partial charge in [0, 0.05) is 6.61 Å². The van der Waals surface area contributed by atoms with Gasteiger partial charge in [-0.2, -0.15) is 0 Å². The van der Waals surface area contributed by atoms with Crippen LogP contribution < -0.4 is 0 Å². The average molecular weight is 211 g/mol. The summed E-state index contributed by atoms with van der Waals surface area (Å²) in [6, 6.07) is 3.37. The minimum Gasteiger partial charge on any atom is -0.396 e. The summed E-state index contributed by atoms with van der Waals surface area (Å²) < 4.78 is 12.7. The van der Waals surface area contributed by atoms with E-state index in [1.165, 1.54) is 12.1 Å². The number of aliphatic hydroxyl groups excluding tert-OH is 1. The molecule has 1 aromatic rings. The molecule has 4 nitrogen and oxygen atoms in total. The molecule has 0 aliphatic rings. The van der Waals surface area contributed by atoms with Crippen molar-refractivity contribution in [2.45, 2.75) is 6.42 Å². The van der Waals surface area contributed by atoms with Gasteiger partial charge in [0.1, 0.15) is 5.82 Å². The van der Waals surface area contributed by atoms with Crippen LogP contribution in [0.25, 0.3) is 6.08 Å². The molecule has 80 valence electrons. The number of rotatable bonds is 4. The Hall–Kier alpha value is -1.75. The zero-order valence-corrected chi connectivity index (χ0v) is 7.89. The third-order valence-electron chi connectivity index (χ3n) is 1.78. The molecule has 0 saturated heterocycles.